The van der Waals surface area contributed by atoms with Gasteiger partial charge in [-0.3, -0.25) is 4.79 Å². The summed E-state index contributed by atoms with van der Waals surface area (Å²) in [6, 6.07) is 3.82. The Hall–Kier alpha value is -0.950. The van der Waals surface area contributed by atoms with Gasteiger partial charge in [0.05, 0.1) is 34.0 Å². The minimum atomic E-state index is 0.113. The highest BCUT2D eigenvalue weighted by Crippen LogP contribution is 2.33. The maximum Gasteiger partial charge on any atom is 0.228 e. The summed E-state index contributed by atoms with van der Waals surface area (Å²) in [5.41, 5.74) is 0.823. The van der Waals surface area contributed by atoms with Gasteiger partial charge in [0.25, 0.3) is 0 Å². The summed E-state index contributed by atoms with van der Waals surface area (Å²) >= 11 is 8.99. The Balaban J connectivity index is 1.65. The minimum Gasteiger partial charge on any atom is -0.375 e. The standard InChI is InChI=1S/C14H15ClN2O2S2/c1-9-7-17(4-5-19-9)13(18)6-10-8-20-14(16-10)11-2-3-12(15)21-11/h2-3,8-9H,4-7H2,1H3/t9-/m0/s1. The molecule has 0 N–H and O–H groups in total. The molecule has 1 aliphatic heterocycles. The van der Waals surface area contributed by atoms with Crippen LogP contribution < -0.4 is 0 Å². The Morgan fingerprint density at radius 1 is 1.57 bits per heavy atom. The number of carbonyl (C=O) groups excluding carboxylic acids is 1. The van der Waals surface area contributed by atoms with Crippen LogP contribution >= 0.6 is 34.3 Å². The van der Waals surface area contributed by atoms with Gasteiger partial charge in [0.1, 0.15) is 5.01 Å². The van der Waals surface area contributed by atoms with E-state index in [9.17, 15) is 4.79 Å². The largest absolute Gasteiger partial charge is 0.375 e. The first-order valence-corrected chi connectivity index (χ1v) is 8.79. The van der Waals surface area contributed by atoms with Crippen LogP contribution in [0, 0.1) is 0 Å². The van der Waals surface area contributed by atoms with E-state index in [2.05, 4.69) is 4.98 Å². The number of nitrogens with zero attached hydrogens (tertiary/aromatic N) is 2. The molecular formula is C14H15ClN2O2S2. The third-order valence-corrected chi connectivity index (χ3v) is 5.55. The molecule has 0 spiro atoms. The first-order chi connectivity index (χ1) is 10.1. The molecule has 1 fully saturated rings. The van der Waals surface area contributed by atoms with Gasteiger partial charge in [-0.15, -0.1) is 22.7 Å². The molecular weight excluding hydrogens is 328 g/mol. The van der Waals surface area contributed by atoms with Crippen molar-refractivity contribution in [1.29, 1.82) is 0 Å². The quantitative estimate of drug-likeness (QED) is 0.859. The van der Waals surface area contributed by atoms with Gasteiger partial charge in [-0.05, 0) is 19.1 Å². The fraction of sp³-hybridized carbons (Fsp3) is 0.429. The van der Waals surface area contributed by atoms with Gasteiger partial charge < -0.3 is 9.64 Å². The van der Waals surface area contributed by atoms with Crippen LogP contribution in [0.2, 0.25) is 4.34 Å². The maximum atomic E-state index is 12.3. The predicted molar refractivity (Wildman–Crippen MR) is 86.1 cm³/mol. The molecule has 3 rings (SSSR count). The molecule has 0 bridgehead atoms. The minimum absolute atomic E-state index is 0.113. The highest BCUT2D eigenvalue weighted by atomic mass is 35.5. The fourth-order valence-electron chi connectivity index (χ4n) is 2.24. The zero-order chi connectivity index (χ0) is 14.8. The molecule has 1 atom stereocenters. The van der Waals surface area contributed by atoms with Crippen LogP contribution in [-0.4, -0.2) is 41.6 Å². The Bertz CT molecular complexity index is 640. The van der Waals surface area contributed by atoms with Crippen molar-refractivity contribution in [1.82, 2.24) is 9.88 Å². The van der Waals surface area contributed by atoms with Gasteiger partial charge in [-0.1, -0.05) is 11.6 Å². The number of amides is 1. The second kappa shape index (κ2) is 6.44. The van der Waals surface area contributed by atoms with Gasteiger partial charge >= 0.3 is 0 Å². The van der Waals surface area contributed by atoms with Crippen molar-refractivity contribution in [3.05, 3.63) is 27.5 Å². The molecule has 3 heterocycles. The highest BCUT2D eigenvalue weighted by Gasteiger charge is 2.22. The van der Waals surface area contributed by atoms with E-state index in [0.29, 0.717) is 26.1 Å². The van der Waals surface area contributed by atoms with E-state index in [-0.39, 0.29) is 12.0 Å². The highest BCUT2D eigenvalue weighted by molar-refractivity contribution is 7.23. The summed E-state index contributed by atoms with van der Waals surface area (Å²) in [5.74, 6) is 0.117. The van der Waals surface area contributed by atoms with Crippen molar-refractivity contribution in [2.24, 2.45) is 0 Å². The van der Waals surface area contributed by atoms with Crippen LogP contribution in [0.4, 0.5) is 0 Å². The van der Waals surface area contributed by atoms with Gasteiger partial charge in [-0.2, -0.15) is 0 Å². The Labute approximate surface area is 136 Å². The van der Waals surface area contributed by atoms with Gasteiger partial charge in [0, 0.05) is 18.5 Å². The number of ether oxygens (including phenoxy) is 1. The predicted octanol–water partition coefficient (Wildman–Crippen LogP) is 3.31. The molecule has 7 heteroatoms. The number of morpholine rings is 1. The second-order valence-electron chi connectivity index (χ2n) is 4.95. The van der Waals surface area contributed by atoms with E-state index in [4.69, 9.17) is 16.3 Å². The molecule has 0 aliphatic carbocycles. The van der Waals surface area contributed by atoms with E-state index in [1.165, 1.54) is 11.3 Å². The number of hydrogen-bond donors (Lipinski definition) is 0. The average molecular weight is 343 g/mol. The van der Waals surface area contributed by atoms with Crippen molar-refractivity contribution in [2.75, 3.05) is 19.7 Å². The SMILES string of the molecule is C[C@H]1CN(C(=O)Cc2csc(-c3ccc(Cl)s3)n2)CCO1. The van der Waals surface area contributed by atoms with Crippen molar-refractivity contribution < 1.29 is 9.53 Å². The van der Waals surface area contributed by atoms with Gasteiger partial charge in [0.15, 0.2) is 0 Å². The van der Waals surface area contributed by atoms with Crippen molar-refractivity contribution >= 4 is 40.2 Å². The lowest BCUT2D eigenvalue weighted by Crippen LogP contribution is -2.45. The van der Waals surface area contributed by atoms with E-state index in [1.54, 1.807) is 11.3 Å². The topological polar surface area (TPSA) is 42.4 Å². The maximum absolute atomic E-state index is 12.3. The summed E-state index contributed by atoms with van der Waals surface area (Å²) in [4.78, 5) is 19.7. The van der Waals surface area contributed by atoms with E-state index in [1.807, 2.05) is 29.3 Å². The molecule has 2 aromatic rings. The first-order valence-electron chi connectivity index (χ1n) is 6.71. The first kappa shape index (κ1) is 15.0. The Morgan fingerprint density at radius 2 is 2.43 bits per heavy atom. The summed E-state index contributed by atoms with van der Waals surface area (Å²) in [7, 11) is 0. The third-order valence-electron chi connectivity index (χ3n) is 3.26. The van der Waals surface area contributed by atoms with Crippen molar-refractivity contribution in [3.8, 4) is 9.88 Å². The normalized spacial score (nSPS) is 19.0. The number of thiophene rings is 1. The lowest BCUT2D eigenvalue weighted by Gasteiger charge is -2.31. The Morgan fingerprint density at radius 3 is 3.14 bits per heavy atom. The van der Waals surface area contributed by atoms with Crippen molar-refractivity contribution in [3.63, 3.8) is 0 Å². The fourth-order valence-corrected chi connectivity index (χ4v) is 4.18. The van der Waals surface area contributed by atoms with Gasteiger partial charge in [-0.25, -0.2) is 4.98 Å². The van der Waals surface area contributed by atoms with Crippen LogP contribution in [-0.2, 0) is 16.0 Å². The summed E-state index contributed by atoms with van der Waals surface area (Å²) in [6.07, 6.45) is 0.462. The molecule has 0 saturated carbocycles. The molecule has 0 radical (unpaired) electrons. The van der Waals surface area contributed by atoms with E-state index < -0.39 is 0 Å². The molecule has 0 unspecified atom stereocenters. The van der Waals surface area contributed by atoms with Crippen LogP contribution in [0.1, 0.15) is 12.6 Å². The number of thiazole rings is 1. The molecule has 1 saturated heterocycles. The number of hydrogen-bond acceptors (Lipinski definition) is 5. The number of carbonyl (C=O) groups is 1. The smallest absolute Gasteiger partial charge is 0.228 e. The molecule has 1 aliphatic rings. The second-order valence-corrected chi connectivity index (χ2v) is 7.52. The van der Waals surface area contributed by atoms with Crippen LogP contribution in [0.5, 0.6) is 0 Å². The van der Waals surface area contributed by atoms with Crippen molar-refractivity contribution in [2.45, 2.75) is 19.4 Å². The summed E-state index contributed by atoms with van der Waals surface area (Å²) < 4.78 is 6.20. The van der Waals surface area contributed by atoms with Crippen LogP contribution in [0.15, 0.2) is 17.5 Å². The molecule has 112 valence electrons. The number of halogens is 1. The zero-order valence-electron chi connectivity index (χ0n) is 11.5. The molecule has 0 aromatic carbocycles. The van der Waals surface area contributed by atoms with Crippen LogP contribution in [0.25, 0.3) is 9.88 Å². The van der Waals surface area contributed by atoms with E-state index in [0.717, 1.165) is 19.9 Å². The van der Waals surface area contributed by atoms with Gasteiger partial charge in [0.2, 0.25) is 5.91 Å². The molecule has 4 nitrogen and oxygen atoms in total. The monoisotopic (exact) mass is 342 g/mol. The number of aromatic nitrogens is 1. The summed E-state index contributed by atoms with van der Waals surface area (Å²) in [6.45, 7) is 3.93. The zero-order valence-corrected chi connectivity index (χ0v) is 13.9. The molecule has 2 aromatic heterocycles. The Kier molecular flexibility index (Phi) is 4.59. The third kappa shape index (κ3) is 3.63. The number of rotatable bonds is 3. The molecule has 1 amide bonds. The van der Waals surface area contributed by atoms with Crippen LogP contribution in [0.3, 0.4) is 0 Å². The van der Waals surface area contributed by atoms with E-state index >= 15 is 0 Å². The molecule has 21 heavy (non-hydrogen) atoms. The summed E-state index contributed by atoms with van der Waals surface area (Å²) in [5, 5.41) is 2.87. The average Bonchev–Trinajstić information content (AvgIpc) is 3.07. The lowest BCUT2D eigenvalue weighted by atomic mass is 10.2. The lowest BCUT2D eigenvalue weighted by molar-refractivity contribution is -0.137.